The number of H-pyrrole nitrogens is 2. The summed E-state index contributed by atoms with van der Waals surface area (Å²) in [6.45, 7) is 3.66. The summed E-state index contributed by atoms with van der Waals surface area (Å²) in [5.74, 6) is 2.30. The maximum Gasteiger partial charge on any atom is 0.254 e. The van der Waals surface area contributed by atoms with E-state index in [-0.39, 0.29) is 11.0 Å². The maximum absolute atomic E-state index is 12.9. The molecule has 1 spiro atoms. The summed E-state index contributed by atoms with van der Waals surface area (Å²) in [6.07, 6.45) is 9.13. The molecule has 5 heterocycles. The summed E-state index contributed by atoms with van der Waals surface area (Å²) in [5.41, 5.74) is 4.35. The van der Waals surface area contributed by atoms with Gasteiger partial charge in [0.25, 0.3) is 5.56 Å². The second-order valence-electron chi connectivity index (χ2n) is 8.62. The minimum Gasteiger partial charge on any atom is -0.357 e. The van der Waals surface area contributed by atoms with Crippen LogP contribution in [0.2, 0.25) is 0 Å². The Labute approximate surface area is 178 Å². The number of nitrogens with one attached hydrogen (secondary N) is 2. The Morgan fingerprint density at radius 2 is 2.10 bits per heavy atom. The molecule has 4 aromatic heterocycles. The molecule has 8 heteroatoms. The Morgan fingerprint density at radius 3 is 2.97 bits per heavy atom. The molecule has 31 heavy (non-hydrogen) atoms. The van der Waals surface area contributed by atoms with Crippen molar-refractivity contribution >= 4 is 16.9 Å². The fourth-order valence-electron chi connectivity index (χ4n) is 5.27. The van der Waals surface area contributed by atoms with Crippen LogP contribution < -0.4 is 10.5 Å². The molecule has 1 atom stereocenters. The van der Waals surface area contributed by atoms with Crippen molar-refractivity contribution in [2.24, 2.45) is 0 Å². The molecule has 1 unspecified atom stereocenters. The Hall–Kier alpha value is -3.55. The minimum absolute atomic E-state index is 0.0255. The average molecular weight is 413 g/mol. The highest BCUT2D eigenvalue weighted by Crippen LogP contribution is 2.44. The smallest absolute Gasteiger partial charge is 0.254 e. The number of aryl methyl sites for hydroxylation is 1. The number of fused-ring (bicyclic) bond motifs is 3. The van der Waals surface area contributed by atoms with E-state index in [0.29, 0.717) is 5.82 Å². The summed E-state index contributed by atoms with van der Waals surface area (Å²) in [6, 6.07) is 5.77. The Bertz CT molecular complexity index is 1340. The van der Waals surface area contributed by atoms with Crippen LogP contribution in [0, 0.1) is 6.92 Å². The van der Waals surface area contributed by atoms with Gasteiger partial charge in [0.2, 0.25) is 0 Å². The highest BCUT2D eigenvalue weighted by Gasteiger charge is 2.45. The molecule has 8 nitrogen and oxygen atoms in total. The number of aromatic nitrogens is 6. The zero-order valence-corrected chi connectivity index (χ0v) is 17.4. The summed E-state index contributed by atoms with van der Waals surface area (Å²) < 4.78 is 0. The van der Waals surface area contributed by atoms with E-state index in [1.165, 1.54) is 0 Å². The molecule has 2 aliphatic rings. The number of pyridine rings is 1. The first-order valence-electron chi connectivity index (χ1n) is 10.7. The zero-order chi connectivity index (χ0) is 21.0. The lowest BCUT2D eigenvalue weighted by Gasteiger charge is -2.41. The van der Waals surface area contributed by atoms with E-state index in [1.807, 2.05) is 31.3 Å². The lowest BCUT2D eigenvalue weighted by atomic mass is 9.77. The molecule has 156 valence electrons. The average Bonchev–Trinajstić information content (AvgIpc) is 3.39. The number of nitrogens with zero attached hydrogens (tertiary/aromatic N) is 5. The van der Waals surface area contributed by atoms with Crippen LogP contribution in [0.3, 0.4) is 0 Å². The van der Waals surface area contributed by atoms with Crippen LogP contribution in [0.5, 0.6) is 0 Å². The van der Waals surface area contributed by atoms with Crippen molar-refractivity contribution in [2.45, 2.75) is 38.0 Å². The molecule has 0 aromatic carbocycles. The van der Waals surface area contributed by atoms with E-state index < -0.39 is 0 Å². The monoisotopic (exact) mass is 413 g/mol. The van der Waals surface area contributed by atoms with Crippen LogP contribution in [-0.4, -0.2) is 43.0 Å². The molecular weight excluding hydrogens is 390 g/mol. The number of anilines is 1. The van der Waals surface area contributed by atoms with Gasteiger partial charge in [0.15, 0.2) is 5.82 Å². The largest absolute Gasteiger partial charge is 0.357 e. The van der Waals surface area contributed by atoms with Crippen molar-refractivity contribution in [1.82, 2.24) is 29.9 Å². The number of hydrogen-bond donors (Lipinski definition) is 2. The molecule has 1 fully saturated rings. The lowest BCUT2D eigenvalue weighted by molar-refractivity contribution is 0.333. The highest BCUT2D eigenvalue weighted by atomic mass is 16.1. The second-order valence-corrected chi connectivity index (χ2v) is 8.62. The van der Waals surface area contributed by atoms with Crippen LogP contribution in [0.1, 0.15) is 36.3 Å². The molecule has 0 saturated carbocycles. The Morgan fingerprint density at radius 1 is 1.16 bits per heavy atom. The van der Waals surface area contributed by atoms with Crippen LogP contribution >= 0.6 is 0 Å². The first kappa shape index (κ1) is 18.2. The van der Waals surface area contributed by atoms with Gasteiger partial charge in [-0.15, -0.1) is 0 Å². The van der Waals surface area contributed by atoms with Gasteiger partial charge in [0.1, 0.15) is 17.2 Å². The third kappa shape index (κ3) is 2.85. The Kier molecular flexibility index (Phi) is 3.96. The van der Waals surface area contributed by atoms with E-state index in [2.05, 4.69) is 24.8 Å². The number of aromatic amines is 2. The summed E-state index contributed by atoms with van der Waals surface area (Å²) in [5, 5.41) is 0. The summed E-state index contributed by atoms with van der Waals surface area (Å²) in [4.78, 5) is 40.0. The normalized spacial score (nSPS) is 20.5. The molecule has 0 radical (unpaired) electrons. The van der Waals surface area contributed by atoms with E-state index in [0.717, 1.165) is 78.3 Å². The molecule has 1 aliphatic heterocycles. The van der Waals surface area contributed by atoms with Gasteiger partial charge in [-0.25, -0.2) is 15.0 Å². The zero-order valence-electron chi connectivity index (χ0n) is 17.4. The van der Waals surface area contributed by atoms with E-state index in [4.69, 9.17) is 9.97 Å². The van der Waals surface area contributed by atoms with Crippen LogP contribution in [0.25, 0.3) is 22.4 Å². The molecule has 4 aromatic rings. The predicted octanol–water partition coefficient (Wildman–Crippen LogP) is 2.90. The SMILES string of the molecule is Cc1nc(N2CCCC3(CCc4c3nc(-c3cccnc3)[nH]c4=O)C2)c2[nH]ccc2n1. The van der Waals surface area contributed by atoms with Gasteiger partial charge >= 0.3 is 0 Å². The third-order valence-corrected chi connectivity index (χ3v) is 6.68. The van der Waals surface area contributed by atoms with Gasteiger partial charge in [0, 0.05) is 48.2 Å². The van der Waals surface area contributed by atoms with Gasteiger partial charge in [-0.2, -0.15) is 0 Å². The molecular formula is C23H23N7O. The van der Waals surface area contributed by atoms with Crippen LogP contribution in [0.15, 0.2) is 41.6 Å². The number of rotatable bonds is 2. The molecule has 0 bridgehead atoms. The lowest BCUT2D eigenvalue weighted by Crippen LogP contribution is -2.46. The number of hydrogen-bond acceptors (Lipinski definition) is 6. The third-order valence-electron chi connectivity index (χ3n) is 6.68. The molecule has 0 amide bonds. The minimum atomic E-state index is -0.142. The standard InChI is InChI=1S/C23H23N7O/c1-14-26-17-6-10-25-18(17)21(27-14)30-11-3-7-23(13-30)8-5-16-19(23)28-20(29-22(16)31)15-4-2-9-24-12-15/h2,4,6,9-10,12,25H,3,5,7-8,11,13H2,1H3,(H,28,29,31). The molecule has 1 saturated heterocycles. The van der Waals surface area contributed by atoms with Gasteiger partial charge < -0.3 is 14.9 Å². The van der Waals surface area contributed by atoms with E-state index in [1.54, 1.807) is 12.4 Å². The van der Waals surface area contributed by atoms with Crippen LogP contribution in [0.4, 0.5) is 5.82 Å². The quantitative estimate of drug-likeness (QED) is 0.524. The fraction of sp³-hybridized carbons (Fsp3) is 0.348. The van der Waals surface area contributed by atoms with Gasteiger partial charge in [-0.05, 0) is 50.8 Å². The topological polar surface area (TPSA) is 103 Å². The fourth-order valence-corrected chi connectivity index (χ4v) is 5.27. The van der Waals surface area contributed by atoms with Gasteiger partial charge in [-0.3, -0.25) is 9.78 Å². The van der Waals surface area contributed by atoms with Crippen molar-refractivity contribution in [3.05, 3.63) is 64.2 Å². The van der Waals surface area contributed by atoms with Crippen molar-refractivity contribution in [2.75, 3.05) is 18.0 Å². The Balaban J connectivity index is 1.44. The van der Waals surface area contributed by atoms with E-state index >= 15 is 0 Å². The highest BCUT2D eigenvalue weighted by molar-refractivity contribution is 5.86. The maximum atomic E-state index is 12.9. The van der Waals surface area contributed by atoms with Crippen molar-refractivity contribution in [3.8, 4) is 11.4 Å². The van der Waals surface area contributed by atoms with Crippen molar-refractivity contribution in [3.63, 3.8) is 0 Å². The van der Waals surface area contributed by atoms with E-state index in [9.17, 15) is 4.79 Å². The summed E-state index contributed by atoms with van der Waals surface area (Å²) >= 11 is 0. The van der Waals surface area contributed by atoms with Crippen molar-refractivity contribution < 1.29 is 0 Å². The van der Waals surface area contributed by atoms with Gasteiger partial charge in [0.05, 0.1) is 11.2 Å². The van der Waals surface area contributed by atoms with Crippen molar-refractivity contribution in [1.29, 1.82) is 0 Å². The predicted molar refractivity (Wildman–Crippen MR) is 118 cm³/mol. The molecule has 1 aliphatic carbocycles. The summed E-state index contributed by atoms with van der Waals surface area (Å²) in [7, 11) is 0. The second kappa shape index (κ2) is 6.73. The van der Waals surface area contributed by atoms with Gasteiger partial charge in [-0.1, -0.05) is 0 Å². The molecule has 2 N–H and O–H groups in total. The van der Waals surface area contributed by atoms with Crippen LogP contribution in [-0.2, 0) is 11.8 Å². The first-order chi connectivity index (χ1) is 15.1. The molecule has 6 rings (SSSR count). The first-order valence-corrected chi connectivity index (χ1v) is 10.7. The number of piperidine rings is 1.